The normalized spacial score (nSPS) is 12.7. The van der Waals surface area contributed by atoms with Gasteiger partial charge in [-0.2, -0.15) is 0 Å². The van der Waals surface area contributed by atoms with Crippen molar-refractivity contribution in [2.24, 2.45) is 0 Å². The van der Waals surface area contributed by atoms with Crippen LogP contribution in [0.2, 0.25) is 5.02 Å². The number of nitrogens with zero attached hydrogens (tertiary/aromatic N) is 1. The quantitative estimate of drug-likeness (QED) is 0.735. The van der Waals surface area contributed by atoms with Gasteiger partial charge >= 0.3 is 12.1 Å². The van der Waals surface area contributed by atoms with E-state index in [1.54, 1.807) is 33.8 Å². The van der Waals surface area contributed by atoms with Gasteiger partial charge in [-0.1, -0.05) is 23.7 Å². The third kappa shape index (κ3) is 4.95. The van der Waals surface area contributed by atoms with Crippen LogP contribution in [0.5, 0.6) is 0 Å². The fourth-order valence-electron chi connectivity index (χ4n) is 2.84. The van der Waals surface area contributed by atoms with Crippen molar-refractivity contribution in [3.8, 4) is 0 Å². The van der Waals surface area contributed by atoms with Crippen molar-refractivity contribution in [2.75, 3.05) is 13.2 Å². The number of aromatic nitrogens is 1. The standard InChI is InChI=1S/C20H27ClN2O4/c1-7-26-18(24)15-10-14-9-8-12(2)16(21)17(14)23(15)13(3)11-22-19(25)27-20(4,5)6/h8-10,13H,7,11H2,1-6H3,(H,22,25). The van der Waals surface area contributed by atoms with Crippen LogP contribution in [-0.2, 0) is 9.47 Å². The molecule has 148 valence electrons. The summed E-state index contributed by atoms with van der Waals surface area (Å²) in [4.78, 5) is 24.4. The third-order valence-electron chi connectivity index (χ3n) is 4.00. The number of ether oxygens (including phenoxy) is 2. The van der Waals surface area contributed by atoms with Crippen LogP contribution in [0.3, 0.4) is 0 Å². The van der Waals surface area contributed by atoms with E-state index in [4.69, 9.17) is 21.1 Å². The second-order valence-electron chi connectivity index (χ2n) is 7.49. The molecule has 0 aliphatic heterocycles. The number of halogens is 1. The summed E-state index contributed by atoms with van der Waals surface area (Å²) in [7, 11) is 0. The van der Waals surface area contributed by atoms with E-state index in [9.17, 15) is 9.59 Å². The molecule has 1 atom stereocenters. The number of nitrogens with one attached hydrogen (secondary N) is 1. The molecule has 1 amide bonds. The van der Waals surface area contributed by atoms with E-state index in [2.05, 4.69) is 5.32 Å². The fourth-order valence-corrected chi connectivity index (χ4v) is 3.10. The van der Waals surface area contributed by atoms with Crippen molar-refractivity contribution >= 4 is 34.6 Å². The Morgan fingerprint density at radius 1 is 1.30 bits per heavy atom. The van der Waals surface area contributed by atoms with Crippen molar-refractivity contribution in [2.45, 2.75) is 53.2 Å². The SMILES string of the molecule is CCOC(=O)c1cc2ccc(C)c(Cl)c2n1C(C)CNC(=O)OC(C)(C)C. The zero-order chi connectivity index (χ0) is 20.4. The van der Waals surface area contributed by atoms with E-state index in [0.717, 1.165) is 16.5 Å². The zero-order valence-corrected chi connectivity index (χ0v) is 17.4. The second kappa shape index (κ2) is 8.21. The van der Waals surface area contributed by atoms with E-state index in [-0.39, 0.29) is 19.2 Å². The smallest absolute Gasteiger partial charge is 0.407 e. The Morgan fingerprint density at radius 2 is 1.96 bits per heavy atom. The van der Waals surface area contributed by atoms with Gasteiger partial charge in [0.2, 0.25) is 0 Å². The van der Waals surface area contributed by atoms with Gasteiger partial charge in [-0.05, 0) is 53.2 Å². The molecule has 0 saturated carbocycles. The number of benzene rings is 1. The summed E-state index contributed by atoms with van der Waals surface area (Å²) in [6.45, 7) is 11.5. The van der Waals surface area contributed by atoms with Gasteiger partial charge in [0.1, 0.15) is 11.3 Å². The molecule has 0 radical (unpaired) electrons. The predicted molar refractivity (Wildman–Crippen MR) is 107 cm³/mol. The van der Waals surface area contributed by atoms with E-state index in [1.807, 2.05) is 30.5 Å². The van der Waals surface area contributed by atoms with Gasteiger partial charge in [0.15, 0.2) is 0 Å². The van der Waals surface area contributed by atoms with Gasteiger partial charge in [0.05, 0.1) is 17.1 Å². The molecular formula is C20H27ClN2O4. The predicted octanol–water partition coefficient (Wildman–Crippen LogP) is 4.87. The lowest BCUT2D eigenvalue weighted by Gasteiger charge is -2.22. The summed E-state index contributed by atoms with van der Waals surface area (Å²) in [6, 6.07) is 5.36. The molecule has 7 heteroatoms. The average molecular weight is 395 g/mol. The first-order valence-corrected chi connectivity index (χ1v) is 9.37. The number of carbonyl (C=O) groups excluding carboxylic acids is 2. The fraction of sp³-hybridized carbons (Fsp3) is 0.500. The molecule has 1 heterocycles. The van der Waals surface area contributed by atoms with Gasteiger partial charge in [-0.15, -0.1) is 0 Å². The summed E-state index contributed by atoms with van der Waals surface area (Å²) < 4.78 is 12.3. The van der Waals surface area contributed by atoms with Crippen LogP contribution < -0.4 is 5.32 Å². The first-order chi connectivity index (χ1) is 12.5. The van der Waals surface area contributed by atoms with Crippen LogP contribution in [0.25, 0.3) is 10.9 Å². The monoisotopic (exact) mass is 394 g/mol. The molecule has 1 aromatic heterocycles. The minimum absolute atomic E-state index is 0.242. The van der Waals surface area contributed by atoms with E-state index in [0.29, 0.717) is 10.7 Å². The van der Waals surface area contributed by atoms with Crippen molar-refractivity contribution in [3.63, 3.8) is 0 Å². The highest BCUT2D eigenvalue weighted by Crippen LogP contribution is 2.32. The summed E-state index contributed by atoms with van der Waals surface area (Å²) in [6.07, 6.45) is -0.509. The summed E-state index contributed by atoms with van der Waals surface area (Å²) >= 11 is 6.54. The van der Waals surface area contributed by atoms with Crippen LogP contribution in [0.15, 0.2) is 18.2 Å². The highest BCUT2D eigenvalue weighted by Gasteiger charge is 2.23. The molecule has 0 spiro atoms. The number of amides is 1. The zero-order valence-electron chi connectivity index (χ0n) is 16.7. The van der Waals surface area contributed by atoms with E-state index >= 15 is 0 Å². The molecular weight excluding hydrogens is 368 g/mol. The Hall–Kier alpha value is -2.21. The van der Waals surface area contributed by atoms with Gasteiger partial charge in [0.25, 0.3) is 0 Å². The van der Waals surface area contributed by atoms with Crippen molar-refractivity contribution in [1.29, 1.82) is 0 Å². The number of rotatable bonds is 5. The maximum Gasteiger partial charge on any atom is 0.407 e. The lowest BCUT2D eigenvalue weighted by atomic mass is 10.2. The van der Waals surface area contributed by atoms with Gasteiger partial charge in [0, 0.05) is 18.0 Å². The molecule has 0 fully saturated rings. The summed E-state index contributed by atoms with van der Waals surface area (Å²) in [5, 5.41) is 4.17. The number of hydrogen-bond donors (Lipinski definition) is 1. The molecule has 0 aliphatic rings. The number of esters is 1. The average Bonchev–Trinajstić information content (AvgIpc) is 2.95. The first-order valence-electron chi connectivity index (χ1n) is 8.99. The minimum Gasteiger partial charge on any atom is -0.461 e. The van der Waals surface area contributed by atoms with Gasteiger partial charge < -0.3 is 19.4 Å². The lowest BCUT2D eigenvalue weighted by molar-refractivity contribution is 0.0512. The third-order valence-corrected chi connectivity index (χ3v) is 4.48. The maximum absolute atomic E-state index is 12.5. The number of fused-ring (bicyclic) bond motifs is 1. The molecule has 0 aliphatic carbocycles. The van der Waals surface area contributed by atoms with Gasteiger partial charge in [-0.25, -0.2) is 9.59 Å². The Balaban J connectivity index is 2.39. The van der Waals surface area contributed by atoms with Crippen molar-refractivity contribution in [3.05, 3.63) is 34.5 Å². The minimum atomic E-state index is -0.579. The number of hydrogen-bond acceptors (Lipinski definition) is 4. The maximum atomic E-state index is 12.5. The van der Waals surface area contributed by atoms with Crippen LogP contribution >= 0.6 is 11.6 Å². The molecule has 0 bridgehead atoms. The molecule has 6 nitrogen and oxygen atoms in total. The molecule has 1 N–H and O–H groups in total. The Kier molecular flexibility index (Phi) is 6.42. The highest BCUT2D eigenvalue weighted by atomic mass is 35.5. The number of carbonyl (C=O) groups is 2. The second-order valence-corrected chi connectivity index (χ2v) is 7.86. The topological polar surface area (TPSA) is 69.6 Å². The van der Waals surface area contributed by atoms with Crippen LogP contribution in [0, 0.1) is 6.92 Å². The van der Waals surface area contributed by atoms with E-state index in [1.165, 1.54) is 0 Å². The molecule has 2 rings (SSSR count). The lowest BCUT2D eigenvalue weighted by Crippen LogP contribution is -2.35. The Bertz CT molecular complexity index is 852. The molecule has 2 aromatic rings. The number of alkyl carbamates (subject to hydrolysis) is 1. The number of aryl methyl sites for hydroxylation is 1. The van der Waals surface area contributed by atoms with Crippen LogP contribution in [-0.4, -0.2) is 35.4 Å². The van der Waals surface area contributed by atoms with Gasteiger partial charge in [-0.3, -0.25) is 0 Å². The first kappa shape index (κ1) is 21.1. The van der Waals surface area contributed by atoms with Crippen LogP contribution in [0.1, 0.15) is 56.7 Å². The van der Waals surface area contributed by atoms with Crippen LogP contribution in [0.4, 0.5) is 4.79 Å². The molecule has 1 unspecified atom stereocenters. The van der Waals surface area contributed by atoms with E-state index < -0.39 is 17.7 Å². The molecule has 1 aromatic carbocycles. The molecule has 27 heavy (non-hydrogen) atoms. The summed E-state index contributed by atoms with van der Waals surface area (Å²) in [5.74, 6) is -0.425. The Labute approximate surface area is 164 Å². The summed E-state index contributed by atoms with van der Waals surface area (Å²) in [5.41, 5.74) is 1.48. The Morgan fingerprint density at radius 3 is 2.56 bits per heavy atom. The van der Waals surface area contributed by atoms with Crippen molar-refractivity contribution < 1.29 is 19.1 Å². The van der Waals surface area contributed by atoms with Crippen molar-refractivity contribution in [1.82, 2.24) is 9.88 Å². The molecule has 0 saturated heterocycles. The highest BCUT2D eigenvalue weighted by molar-refractivity contribution is 6.36. The largest absolute Gasteiger partial charge is 0.461 e.